The molecule has 0 aliphatic heterocycles. The molecule has 0 aromatic heterocycles. The summed E-state index contributed by atoms with van der Waals surface area (Å²) in [7, 11) is 0. The van der Waals surface area contributed by atoms with Crippen molar-refractivity contribution < 1.29 is 9.59 Å². The molecule has 0 aliphatic carbocycles. The van der Waals surface area contributed by atoms with E-state index in [9.17, 15) is 9.59 Å². The predicted molar refractivity (Wildman–Crippen MR) is 136 cm³/mol. The number of carbonyl (C=O) groups excluding carboxylic acids is 2. The summed E-state index contributed by atoms with van der Waals surface area (Å²) in [6.07, 6.45) is 2.55. The van der Waals surface area contributed by atoms with Gasteiger partial charge in [-0.1, -0.05) is 42.1 Å². The quantitative estimate of drug-likeness (QED) is 0.411. The topological polar surface area (TPSA) is 58.2 Å². The van der Waals surface area contributed by atoms with Gasteiger partial charge in [-0.15, -0.1) is 0 Å². The summed E-state index contributed by atoms with van der Waals surface area (Å²) in [6.45, 7) is 4.20. The highest BCUT2D eigenvalue weighted by molar-refractivity contribution is 7.99. The summed E-state index contributed by atoms with van der Waals surface area (Å²) in [5, 5.41) is 5.82. The van der Waals surface area contributed by atoms with Crippen LogP contribution in [0, 0.1) is 13.8 Å². The van der Waals surface area contributed by atoms with Crippen LogP contribution in [0.3, 0.4) is 0 Å². The van der Waals surface area contributed by atoms with Gasteiger partial charge in [-0.05, 0) is 85.9 Å². The highest BCUT2D eigenvalue weighted by Gasteiger charge is 2.21. The number of anilines is 1. The molecular weight excluding hydrogens is 436 g/mol. The van der Waals surface area contributed by atoms with Gasteiger partial charge in [0.1, 0.15) is 6.04 Å². The number of rotatable bonds is 9. The van der Waals surface area contributed by atoms with Crippen molar-refractivity contribution in [1.82, 2.24) is 5.32 Å². The Labute approximate surface area is 198 Å². The van der Waals surface area contributed by atoms with Gasteiger partial charge >= 0.3 is 0 Å². The third-order valence-corrected chi connectivity index (χ3v) is 6.77. The maximum absolute atomic E-state index is 12.9. The first-order valence-electron chi connectivity index (χ1n) is 10.5. The maximum Gasteiger partial charge on any atom is 0.251 e. The molecule has 166 valence electrons. The van der Waals surface area contributed by atoms with Crippen LogP contribution in [0.25, 0.3) is 0 Å². The minimum Gasteiger partial charge on any atom is -0.340 e. The van der Waals surface area contributed by atoms with E-state index < -0.39 is 6.04 Å². The Hall–Kier alpha value is -2.70. The van der Waals surface area contributed by atoms with Crippen molar-refractivity contribution in [2.75, 3.05) is 17.3 Å². The number of aryl methyl sites for hydroxylation is 2. The molecule has 0 bridgehead atoms. The van der Waals surface area contributed by atoms with Crippen molar-refractivity contribution in [2.24, 2.45) is 0 Å². The van der Waals surface area contributed by atoms with E-state index in [1.165, 1.54) is 16.0 Å². The zero-order valence-electron chi connectivity index (χ0n) is 18.6. The lowest BCUT2D eigenvalue weighted by Gasteiger charge is -2.18. The maximum atomic E-state index is 12.9. The summed E-state index contributed by atoms with van der Waals surface area (Å²) < 4.78 is 0. The third-order valence-electron chi connectivity index (χ3n) is 4.96. The summed E-state index contributed by atoms with van der Waals surface area (Å²) >= 11 is 3.35. The Morgan fingerprint density at radius 2 is 1.66 bits per heavy atom. The molecule has 0 saturated carbocycles. The Bertz CT molecular complexity index is 1050. The van der Waals surface area contributed by atoms with Crippen molar-refractivity contribution in [3.05, 3.63) is 89.5 Å². The number of carbonyl (C=O) groups is 2. The molecule has 0 saturated heterocycles. The van der Waals surface area contributed by atoms with Crippen LogP contribution in [0.15, 0.2) is 82.6 Å². The fourth-order valence-electron chi connectivity index (χ4n) is 3.12. The number of hydrogen-bond donors (Lipinski definition) is 2. The van der Waals surface area contributed by atoms with E-state index in [4.69, 9.17) is 0 Å². The summed E-state index contributed by atoms with van der Waals surface area (Å²) in [5.41, 5.74) is 3.73. The SMILES string of the molecule is CSCCC(NC(=O)c1ccccc1)C(=O)Nc1ccc(Sc2cc(C)ccc2C)cc1. The summed E-state index contributed by atoms with van der Waals surface area (Å²) in [4.78, 5) is 27.8. The summed E-state index contributed by atoms with van der Waals surface area (Å²) in [5.74, 6) is 0.323. The van der Waals surface area contributed by atoms with Gasteiger partial charge in [0, 0.05) is 21.0 Å². The van der Waals surface area contributed by atoms with Gasteiger partial charge in [-0.25, -0.2) is 0 Å². The number of thioether (sulfide) groups is 1. The Kier molecular flexibility index (Phi) is 8.82. The summed E-state index contributed by atoms with van der Waals surface area (Å²) in [6, 6.07) is 22.6. The molecule has 3 aromatic carbocycles. The Balaban J connectivity index is 1.64. The molecule has 1 atom stereocenters. The van der Waals surface area contributed by atoms with Gasteiger partial charge < -0.3 is 10.6 Å². The van der Waals surface area contributed by atoms with Crippen LogP contribution in [0.4, 0.5) is 5.69 Å². The predicted octanol–water partition coefficient (Wildman–Crippen LogP) is 5.94. The van der Waals surface area contributed by atoms with Crippen LogP contribution in [-0.2, 0) is 4.79 Å². The lowest BCUT2D eigenvalue weighted by Crippen LogP contribution is -2.44. The molecule has 1 unspecified atom stereocenters. The molecule has 0 radical (unpaired) electrons. The minimum absolute atomic E-state index is 0.210. The van der Waals surface area contributed by atoms with E-state index in [1.54, 1.807) is 35.7 Å². The van der Waals surface area contributed by atoms with Crippen molar-refractivity contribution in [2.45, 2.75) is 36.1 Å². The smallest absolute Gasteiger partial charge is 0.251 e. The molecular formula is C26H28N2O2S2. The van der Waals surface area contributed by atoms with E-state index in [0.717, 1.165) is 10.6 Å². The average Bonchev–Trinajstić information content (AvgIpc) is 2.80. The van der Waals surface area contributed by atoms with E-state index in [0.29, 0.717) is 17.7 Å². The van der Waals surface area contributed by atoms with E-state index in [2.05, 4.69) is 42.7 Å². The lowest BCUT2D eigenvalue weighted by atomic mass is 10.1. The molecule has 2 N–H and O–H groups in total. The molecule has 0 aliphatic rings. The number of benzene rings is 3. The second-order valence-electron chi connectivity index (χ2n) is 7.56. The molecule has 0 fully saturated rings. The Morgan fingerprint density at radius 3 is 2.34 bits per heavy atom. The minimum atomic E-state index is -0.598. The number of hydrogen-bond acceptors (Lipinski definition) is 4. The number of amides is 2. The standard InChI is InChI=1S/C26H28N2O2S2/c1-18-9-10-19(2)24(17-18)32-22-13-11-21(12-14-22)27-26(30)23(15-16-31-3)28-25(29)20-7-5-4-6-8-20/h4-14,17,23H,15-16H2,1-3H3,(H,27,30)(H,28,29). The van der Waals surface area contributed by atoms with Crippen LogP contribution in [0.2, 0.25) is 0 Å². The zero-order valence-corrected chi connectivity index (χ0v) is 20.2. The average molecular weight is 465 g/mol. The van der Waals surface area contributed by atoms with Crippen molar-refractivity contribution in [3.8, 4) is 0 Å². The van der Waals surface area contributed by atoms with Crippen LogP contribution >= 0.6 is 23.5 Å². The monoisotopic (exact) mass is 464 g/mol. The van der Waals surface area contributed by atoms with Crippen LogP contribution in [0.5, 0.6) is 0 Å². The van der Waals surface area contributed by atoms with Crippen molar-refractivity contribution in [1.29, 1.82) is 0 Å². The second-order valence-corrected chi connectivity index (χ2v) is 9.66. The fourth-order valence-corrected chi connectivity index (χ4v) is 4.59. The highest BCUT2D eigenvalue weighted by atomic mass is 32.2. The van der Waals surface area contributed by atoms with Gasteiger partial charge in [0.2, 0.25) is 5.91 Å². The Morgan fingerprint density at radius 1 is 0.938 bits per heavy atom. The first-order valence-corrected chi connectivity index (χ1v) is 12.7. The van der Waals surface area contributed by atoms with E-state index in [-0.39, 0.29) is 11.8 Å². The highest BCUT2D eigenvalue weighted by Crippen LogP contribution is 2.31. The molecule has 6 heteroatoms. The molecule has 2 amide bonds. The molecule has 4 nitrogen and oxygen atoms in total. The van der Waals surface area contributed by atoms with Crippen molar-refractivity contribution in [3.63, 3.8) is 0 Å². The normalized spacial score (nSPS) is 11.6. The van der Waals surface area contributed by atoms with E-state index in [1.807, 2.05) is 48.7 Å². The molecule has 32 heavy (non-hydrogen) atoms. The molecule has 3 rings (SSSR count). The van der Waals surface area contributed by atoms with E-state index >= 15 is 0 Å². The number of nitrogens with one attached hydrogen (secondary N) is 2. The van der Waals surface area contributed by atoms with Gasteiger partial charge in [0.15, 0.2) is 0 Å². The van der Waals surface area contributed by atoms with Gasteiger partial charge in [0.25, 0.3) is 5.91 Å². The largest absolute Gasteiger partial charge is 0.340 e. The van der Waals surface area contributed by atoms with Crippen LogP contribution < -0.4 is 10.6 Å². The van der Waals surface area contributed by atoms with Crippen LogP contribution in [0.1, 0.15) is 27.9 Å². The molecule has 3 aromatic rings. The third kappa shape index (κ3) is 6.90. The van der Waals surface area contributed by atoms with Crippen molar-refractivity contribution >= 4 is 41.0 Å². The van der Waals surface area contributed by atoms with Crippen LogP contribution in [-0.4, -0.2) is 29.9 Å². The molecule has 0 spiro atoms. The lowest BCUT2D eigenvalue weighted by molar-refractivity contribution is -0.118. The van der Waals surface area contributed by atoms with Gasteiger partial charge in [-0.2, -0.15) is 11.8 Å². The molecule has 0 heterocycles. The zero-order chi connectivity index (χ0) is 22.9. The fraction of sp³-hybridized carbons (Fsp3) is 0.231. The van der Waals surface area contributed by atoms with Gasteiger partial charge in [0.05, 0.1) is 0 Å². The second kappa shape index (κ2) is 11.8. The first-order chi connectivity index (χ1) is 15.5. The first kappa shape index (κ1) is 24.0. The van der Waals surface area contributed by atoms with Gasteiger partial charge in [-0.3, -0.25) is 9.59 Å².